The summed E-state index contributed by atoms with van der Waals surface area (Å²) >= 11 is 0. The third kappa shape index (κ3) is 5.25. The topological polar surface area (TPSA) is 99.0 Å². The second-order valence-electron chi connectivity index (χ2n) is 4.45. The summed E-state index contributed by atoms with van der Waals surface area (Å²) in [4.78, 5) is 17.3. The standard InChI is InChI=1S/C13H15N2O2.CH4O4S/c1-10-6-4-8-12(14(10)16)13-9-5-7-11(2)15(13)17-3;1-5-6(2,3)4/h4-9H,1-3H3;1H3,(H,2,3,4)/q+1;/p-1. The van der Waals surface area contributed by atoms with Gasteiger partial charge in [-0.1, -0.05) is 6.08 Å². The molecule has 2 heterocycles. The third-order valence-electron chi connectivity index (χ3n) is 2.91. The van der Waals surface area contributed by atoms with Crippen LogP contribution in [0, 0.1) is 4.91 Å². The second-order valence-corrected chi connectivity index (χ2v) is 5.60. The summed E-state index contributed by atoms with van der Waals surface area (Å²) < 4.78 is 31.9. The van der Waals surface area contributed by atoms with Crippen LogP contribution in [0.3, 0.4) is 0 Å². The first kappa shape index (κ1) is 19.0. The van der Waals surface area contributed by atoms with Crippen LogP contribution in [0.25, 0.3) is 0 Å². The predicted molar refractivity (Wildman–Crippen MR) is 82.0 cm³/mol. The lowest BCUT2D eigenvalue weighted by Crippen LogP contribution is -2.24. The zero-order chi connectivity index (χ0) is 17.6. The molecule has 0 aromatic carbocycles. The van der Waals surface area contributed by atoms with Gasteiger partial charge in [-0.25, -0.2) is 13.5 Å². The average molecular weight is 342 g/mol. The predicted octanol–water partition coefficient (Wildman–Crippen LogP) is 1.88. The maximum atomic E-state index is 12.0. The molecular weight excluding hydrogens is 324 g/mol. The van der Waals surface area contributed by atoms with Gasteiger partial charge in [0.25, 0.3) is 5.70 Å². The minimum Gasteiger partial charge on any atom is -0.726 e. The molecule has 0 N–H and O–H groups in total. The minimum absolute atomic E-state index is 0.579. The molecule has 0 aliphatic carbocycles. The second kappa shape index (κ2) is 7.97. The molecule has 0 unspecified atom stereocenters. The molecule has 0 amide bonds. The van der Waals surface area contributed by atoms with Crippen LogP contribution in [0.2, 0.25) is 0 Å². The van der Waals surface area contributed by atoms with E-state index in [0.717, 1.165) is 23.3 Å². The van der Waals surface area contributed by atoms with Gasteiger partial charge in [0.1, 0.15) is 5.70 Å². The molecule has 23 heavy (non-hydrogen) atoms. The van der Waals surface area contributed by atoms with Gasteiger partial charge in [0, 0.05) is 29.7 Å². The van der Waals surface area contributed by atoms with Crippen molar-refractivity contribution in [3.63, 3.8) is 0 Å². The molecule has 0 aromatic heterocycles. The molecule has 2 aliphatic heterocycles. The molecule has 0 saturated carbocycles. The Hall–Kier alpha value is -2.07. The fourth-order valence-electron chi connectivity index (χ4n) is 1.83. The number of nitroso groups, excluding NO2 is 1. The van der Waals surface area contributed by atoms with Crippen LogP contribution in [-0.2, 0) is 19.4 Å². The van der Waals surface area contributed by atoms with Crippen molar-refractivity contribution in [2.75, 3.05) is 14.2 Å². The maximum absolute atomic E-state index is 12.0. The highest BCUT2D eigenvalue weighted by Crippen LogP contribution is 2.25. The van der Waals surface area contributed by atoms with E-state index in [1.165, 1.54) is 0 Å². The summed E-state index contributed by atoms with van der Waals surface area (Å²) in [6.07, 6.45) is 11.1. The van der Waals surface area contributed by atoms with E-state index in [2.05, 4.69) is 4.18 Å². The van der Waals surface area contributed by atoms with Gasteiger partial charge in [-0.15, -0.1) is 0 Å². The van der Waals surface area contributed by atoms with Crippen LogP contribution in [0.4, 0.5) is 0 Å². The van der Waals surface area contributed by atoms with E-state index in [9.17, 15) is 17.9 Å². The third-order valence-corrected chi connectivity index (χ3v) is 3.32. The Balaban J connectivity index is 0.000000379. The van der Waals surface area contributed by atoms with Crippen LogP contribution < -0.4 is 0 Å². The molecule has 0 atom stereocenters. The molecule has 0 fully saturated rings. The summed E-state index contributed by atoms with van der Waals surface area (Å²) in [5, 5.41) is 1.64. The molecule has 0 radical (unpaired) electrons. The number of hydrogen-bond donors (Lipinski definition) is 0. The lowest BCUT2D eigenvalue weighted by molar-refractivity contribution is -0.443. The van der Waals surface area contributed by atoms with E-state index < -0.39 is 10.4 Å². The van der Waals surface area contributed by atoms with Gasteiger partial charge >= 0.3 is 0 Å². The first-order valence-corrected chi connectivity index (χ1v) is 7.81. The van der Waals surface area contributed by atoms with Gasteiger partial charge in [0.05, 0.1) is 19.0 Å². The van der Waals surface area contributed by atoms with Crippen molar-refractivity contribution in [1.82, 2.24) is 5.06 Å². The highest BCUT2D eigenvalue weighted by molar-refractivity contribution is 7.80. The fourth-order valence-corrected chi connectivity index (χ4v) is 1.83. The molecule has 8 nitrogen and oxygen atoms in total. The van der Waals surface area contributed by atoms with Crippen LogP contribution in [-0.4, -0.2) is 37.0 Å². The smallest absolute Gasteiger partial charge is 0.288 e. The Morgan fingerprint density at radius 2 is 1.70 bits per heavy atom. The molecular formula is C14H18N2O6S. The van der Waals surface area contributed by atoms with Gasteiger partial charge in [0.2, 0.25) is 16.1 Å². The lowest BCUT2D eigenvalue weighted by atomic mass is 10.1. The van der Waals surface area contributed by atoms with Crippen LogP contribution in [0.15, 0.2) is 59.2 Å². The van der Waals surface area contributed by atoms with E-state index in [4.69, 9.17) is 4.84 Å². The molecule has 0 spiro atoms. The number of nitrogens with zero attached hydrogens (tertiary/aromatic N) is 2. The monoisotopic (exact) mass is 342 g/mol. The molecule has 2 aliphatic rings. The number of hydroxylamine groups is 2. The number of allylic oxidation sites excluding steroid dienone is 8. The van der Waals surface area contributed by atoms with E-state index in [1.54, 1.807) is 31.2 Å². The normalized spacial score (nSPS) is 20.7. The zero-order valence-corrected chi connectivity index (χ0v) is 14.0. The van der Waals surface area contributed by atoms with Crippen LogP contribution >= 0.6 is 0 Å². The summed E-state index contributed by atoms with van der Waals surface area (Å²) in [5.74, 6) is 0. The summed E-state index contributed by atoms with van der Waals surface area (Å²) in [5.41, 5.74) is 2.92. The van der Waals surface area contributed by atoms with Crippen molar-refractivity contribution < 1.29 is 26.8 Å². The highest BCUT2D eigenvalue weighted by atomic mass is 32.3. The Bertz CT molecular complexity index is 728. The van der Waals surface area contributed by atoms with Crippen molar-refractivity contribution in [1.29, 1.82) is 0 Å². The first-order valence-electron chi connectivity index (χ1n) is 6.48. The Morgan fingerprint density at radius 1 is 1.13 bits per heavy atom. The van der Waals surface area contributed by atoms with Crippen LogP contribution in [0.5, 0.6) is 0 Å². The largest absolute Gasteiger partial charge is 0.726 e. The Labute approximate surface area is 135 Å². The lowest BCUT2D eigenvalue weighted by Gasteiger charge is -2.24. The summed E-state index contributed by atoms with van der Waals surface area (Å²) in [6, 6.07) is 0. The summed E-state index contributed by atoms with van der Waals surface area (Å²) in [6.45, 7) is 3.71. The molecule has 0 aromatic rings. The SMILES string of the molecule is CON1C(C)=CC=CC1=C1C=CC=C(C)[N+]1=O.COS(=O)(=O)[O-]. The minimum atomic E-state index is -4.41. The van der Waals surface area contributed by atoms with E-state index in [0.29, 0.717) is 11.4 Å². The average Bonchev–Trinajstić information content (AvgIpc) is 2.50. The van der Waals surface area contributed by atoms with Crippen molar-refractivity contribution >= 4 is 10.4 Å². The van der Waals surface area contributed by atoms with Gasteiger partial charge in [-0.3, -0.25) is 9.02 Å². The quantitative estimate of drug-likeness (QED) is 0.429. The fraction of sp³-hybridized carbons (Fsp3) is 0.286. The zero-order valence-electron chi connectivity index (χ0n) is 13.2. The highest BCUT2D eigenvalue weighted by Gasteiger charge is 2.29. The number of hydrogen-bond acceptors (Lipinski definition) is 7. The molecule has 0 bridgehead atoms. The van der Waals surface area contributed by atoms with Crippen molar-refractivity contribution in [2.45, 2.75) is 13.8 Å². The summed E-state index contributed by atoms with van der Waals surface area (Å²) in [7, 11) is -2.02. The van der Waals surface area contributed by atoms with E-state index in [1.807, 2.05) is 31.2 Å². The van der Waals surface area contributed by atoms with E-state index in [-0.39, 0.29) is 0 Å². The van der Waals surface area contributed by atoms with Crippen molar-refractivity contribution in [3.05, 3.63) is 64.2 Å². The van der Waals surface area contributed by atoms with E-state index >= 15 is 0 Å². The van der Waals surface area contributed by atoms with Gasteiger partial charge in [0.15, 0.2) is 0 Å². The van der Waals surface area contributed by atoms with Gasteiger partial charge < -0.3 is 4.55 Å². The Morgan fingerprint density at radius 3 is 2.22 bits per heavy atom. The van der Waals surface area contributed by atoms with Gasteiger partial charge in [-0.2, -0.15) is 0 Å². The molecule has 0 saturated heterocycles. The molecule has 9 heteroatoms. The van der Waals surface area contributed by atoms with Crippen molar-refractivity contribution in [2.24, 2.45) is 0 Å². The first-order chi connectivity index (χ1) is 10.7. The molecule has 126 valence electrons. The molecule has 2 rings (SSSR count). The van der Waals surface area contributed by atoms with Crippen molar-refractivity contribution in [3.8, 4) is 0 Å². The Kier molecular flexibility index (Phi) is 6.58. The number of rotatable bonds is 2. The van der Waals surface area contributed by atoms with Gasteiger partial charge in [-0.05, 0) is 25.2 Å². The van der Waals surface area contributed by atoms with Crippen LogP contribution in [0.1, 0.15) is 13.8 Å². The maximum Gasteiger partial charge on any atom is 0.288 e.